The third kappa shape index (κ3) is 4.12. The molecule has 0 spiro atoms. The Morgan fingerprint density at radius 3 is 2.37 bits per heavy atom. The van der Waals surface area contributed by atoms with Crippen molar-refractivity contribution >= 4 is 15.7 Å². The third-order valence-corrected chi connectivity index (χ3v) is 5.19. The Balaban J connectivity index is 1.90. The number of nitrogens with one attached hydrogen (secondary N) is 2. The van der Waals surface area contributed by atoms with Crippen molar-refractivity contribution in [2.45, 2.75) is 11.3 Å². The molecule has 5 nitrogen and oxygen atoms in total. The standard InChI is InChI=1S/C18H12F3N3O2S/c19-14-4-12(5-15(20)7-14)3-13-9-23-10-18(13)27(25,26)24-17-2-1-11(8-22)6-16(17)21/h1-2,4-7,9-10,23-24H,3H2. The number of anilines is 1. The number of halogens is 3. The van der Waals surface area contributed by atoms with Crippen molar-refractivity contribution in [1.82, 2.24) is 4.98 Å². The van der Waals surface area contributed by atoms with Gasteiger partial charge in [0.2, 0.25) is 0 Å². The van der Waals surface area contributed by atoms with Crippen molar-refractivity contribution in [3.05, 3.63) is 82.9 Å². The van der Waals surface area contributed by atoms with Crippen molar-refractivity contribution in [3.8, 4) is 6.07 Å². The van der Waals surface area contributed by atoms with Gasteiger partial charge >= 0.3 is 0 Å². The topological polar surface area (TPSA) is 85.8 Å². The molecular formula is C18H12F3N3O2S. The SMILES string of the molecule is N#Cc1ccc(NS(=O)(=O)c2c[nH]cc2Cc2cc(F)cc(F)c2)c(F)c1. The van der Waals surface area contributed by atoms with Crippen LogP contribution in [0.3, 0.4) is 0 Å². The van der Waals surface area contributed by atoms with Gasteiger partial charge in [0.15, 0.2) is 0 Å². The maximum Gasteiger partial charge on any atom is 0.263 e. The van der Waals surface area contributed by atoms with Crippen molar-refractivity contribution in [2.24, 2.45) is 0 Å². The van der Waals surface area contributed by atoms with Gasteiger partial charge in [-0.15, -0.1) is 0 Å². The summed E-state index contributed by atoms with van der Waals surface area (Å²) in [6.07, 6.45) is 2.52. The second kappa shape index (κ2) is 7.17. The van der Waals surface area contributed by atoms with Crippen molar-refractivity contribution in [2.75, 3.05) is 4.72 Å². The Morgan fingerprint density at radius 1 is 1.04 bits per heavy atom. The first-order chi connectivity index (χ1) is 12.8. The Bertz CT molecular complexity index is 1130. The van der Waals surface area contributed by atoms with Gasteiger partial charge in [-0.2, -0.15) is 5.26 Å². The quantitative estimate of drug-likeness (QED) is 0.696. The van der Waals surface area contributed by atoms with E-state index in [1.165, 1.54) is 18.5 Å². The molecule has 27 heavy (non-hydrogen) atoms. The van der Waals surface area contributed by atoms with Crippen molar-refractivity contribution in [3.63, 3.8) is 0 Å². The smallest absolute Gasteiger partial charge is 0.263 e. The summed E-state index contributed by atoms with van der Waals surface area (Å²) in [6, 6.07) is 7.98. The average Bonchev–Trinajstić information content (AvgIpc) is 3.04. The van der Waals surface area contributed by atoms with Crippen LogP contribution in [0.4, 0.5) is 18.9 Å². The minimum atomic E-state index is -4.17. The van der Waals surface area contributed by atoms with Crippen LogP contribution >= 0.6 is 0 Å². The molecule has 3 rings (SSSR count). The first-order valence-corrected chi connectivity index (χ1v) is 9.10. The van der Waals surface area contributed by atoms with Crippen LogP contribution in [-0.4, -0.2) is 13.4 Å². The second-order valence-corrected chi connectivity index (χ2v) is 7.36. The molecule has 0 saturated heterocycles. The molecule has 0 radical (unpaired) electrons. The van der Waals surface area contributed by atoms with Crippen LogP contribution in [0, 0.1) is 28.8 Å². The van der Waals surface area contributed by atoms with E-state index in [-0.39, 0.29) is 33.7 Å². The summed E-state index contributed by atoms with van der Waals surface area (Å²) in [7, 11) is -4.17. The zero-order valence-corrected chi connectivity index (χ0v) is 14.4. The van der Waals surface area contributed by atoms with Crippen LogP contribution in [0.5, 0.6) is 0 Å². The van der Waals surface area contributed by atoms with E-state index in [1.54, 1.807) is 6.07 Å². The van der Waals surface area contributed by atoms with E-state index in [4.69, 9.17) is 5.26 Å². The fourth-order valence-corrected chi connectivity index (χ4v) is 3.83. The van der Waals surface area contributed by atoms with E-state index >= 15 is 0 Å². The lowest BCUT2D eigenvalue weighted by Gasteiger charge is -2.10. The lowest BCUT2D eigenvalue weighted by atomic mass is 10.1. The van der Waals surface area contributed by atoms with E-state index in [1.807, 2.05) is 0 Å². The summed E-state index contributed by atoms with van der Waals surface area (Å²) < 4.78 is 68.0. The molecule has 3 aromatic rings. The Kier molecular flexibility index (Phi) is 4.92. The first kappa shape index (κ1) is 18.5. The van der Waals surface area contributed by atoms with Crippen LogP contribution in [0.25, 0.3) is 0 Å². The molecule has 2 aromatic carbocycles. The molecule has 0 bridgehead atoms. The fraction of sp³-hybridized carbons (Fsp3) is 0.0556. The third-order valence-electron chi connectivity index (χ3n) is 3.74. The molecule has 0 aliphatic rings. The maximum atomic E-state index is 14.0. The number of benzene rings is 2. The van der Waals surface area contributed by atoms with Gasteiger partial charge in [0.25, 0.3) is 10.0 Å². The molecule has 138 valence electrons. The number of hydrogen-bond acceptors (Lipinski definition) is 3. The predicted molar refractivity (Wildman–Crippen MR) is 91.9 cm³/mol. The summed E-state index contributed by atoms with van der Waals surface area (Å²) >= 11 is 0. The molecule has 0 amide bonds. The van der Waals surface area contributed by atoms with E-state index in [9.17, 15) is 21.6 Å². The molecule has 1 heterocycles. The molecule has 0 atom stereocenters. The molecule has 0 saturated carbocycles. The van der Waals surface area contributed by atoms with Gasteiger partial charge in [-0.1, -0.05) is 0 Å². The summed E-state index contributed by atoms with van der Waals surface area (Å²) in [6.45, 7) is 0. The van der Waals surface area contributed by atoms with Gasteiger partial charge in [-0.05, 0) is 41.5 Å². The van der Waals surface area contributed by atoms with Gasteiger partial charge in [-0.25, -0.2) is 21.6 Å². The molecule has 1 aromatic heterocycles. The van der Waals surface area contributed by atoms with Crippen LogP contribution in [0.2, 0.25) is 0 Å². The normalized spacial score (nSPS) is 11.2. The summed E-state index contributed by atoms with van der Waals surface area (Å²) in [5.41, 5.74) is 0.221. The highest BCUT2D eigenvalue weighted by Crippen LogP contribution is 2.24. The number of nitrogens with zero attached hydrogens (tertiary/aromatic N) is 1. The van der Waals surface area contributed by atoms with Gasteiger partial charge in [-0.3, -0.25) is 4.72 Å². The van der Waals surface area contributed by atoms with Gasteiger partial charge < -0.3 is 4.98 Å². The molecule has 9 heteroatoms. The zero-order valence-electron chi connectivity index (χ0n) is 13.6. The number of H-pyrrole nitrogens is 1. The lowest BCUT2D eigenvalue weighted by molar-refractivity contribution is 0.580. The van der Waals surface area contributed by atoms with Crippen LogP contribution in [0.15, 0.2) is 53.7 Å². The summed E-state index contributed by atoms with van der Waals surface area (Å²) in [4.78, 5) is 2.44. The molecule has 0 aliphatic heterocycles. The predicted octanol–water partition coefficient (Wildman–Crippen LogP) is 3.70. The van der Waals surface area contributed by atoms with E-state index < -0.39 is 27.5 Å². The summed E-state index contributed by atoms with van der Waals surface area (Å²) in [5.74, 6) is -2.45. The van der Waals surface area contributed by atoms with E-state index in [2.05, 4.69) is 9.71 Å². The first-order valence-electron chi connectivity index (χ1n) is 7.61. The van der Waals surface area contributed by atoms with Gasteiger partial charge in [0, 0.05) is 24.9 Å². The van der Waals surface area contributed by atoms with E-state index in [0.29, 0.717) is 6.07 Å². The van der Waals surface area contributed by atoms with E-state index in [0.717, 1.165) is 24.3 Å². The van der Waals surface area contributed by atoms with Gasteiger partial charge in [0.05, 0.1) is 17.3 Å². The number of rotatable bonds is 5. The number of nitriles is 1. The Morgan fingerprint density at radius 2 is 1.74 bits per heavy atom. The average molecular weight is 391 g/mol. The lowest BCUT2D eigenvalue weighted by Crippen LogP contribution is -2.15. The fourth-order valence-electron chi connectivity index (χ4n) is 2.57. The monoisotopic (exact) mass is 391 g/mol. The molecule has 0 fully saturated rings. The number of hydrogen-bond donors (Lipinski definition) is 2. The number of aromatic amines is 1. The largest absolute Gasteiger partial charge is 0.366 e. The maximum absolute atomic E-state index is 14.0. The summed E-state index contributed by atoms with van der Waals surface area (Å²) in [5, 5.41) is 8.74. The number of aromatic nitrogens is 1. The Hall–Kier alpha value is -3.25. The highest BCUT2D eigenvalue weighted by atomic mass is 32.2. The second-order valence-electron chi connectivity index (χ2n) is 5.71. The van der Waals surface area contributed by atoms with Crippen LogP contribution in [0.1, 0.15) is 16.7 Å². The molecular weight excluding hydrogens is 379 g/mol. The highest BCUT2D eigenvalue weighted by molar-refractivity contribution is 7.92. The molecule has 2 N–H and O–H groups in total. The minimum absolute atomic E-state index is 0.0471. The minimum Gasteiger partial charge on any atom is -0.366 e. The highest BCUT2D eigenvalue weighted by Gasteiger charge is 2.21. The van der Waals surface area contributed by atoms with Crippen molar-refractivity contribution in [1.29, 1.82) is 5.26 Å². The zero-order chi connectivity index (χ0) is 19.6. The van der Waals surface area contributed by atoms with Crippen LogP contribution in [-0.2, 0) is 16.4 Å². The Labute approximate surface area is 153 Å². The van der Waals surface area contributed by atoms with Crippen LogP contribution < -0.4 is 4.72 Å². The van der Waals surface area contributed by atoms with Gasteiger partial charge in [0.1, 0.15) is 22.3 Å². The molecule has 0 aliphatic carbocycles. The van der Waals surface area contributed by atoms with Crippen molar-refractivity contribution < 1.29 is 21.6 Å². The number of sulfonamides is 1. The molecule has 0 unspecified atom stereocenters.